The Bertz CT molecular complexity index is 100. The summed E-state index contributed by atoms with van der Waals surface area (Å²) in [5, 5.41) is 2.89. The smallest absolute Gasteiger partial charge is 0.213 e. The Kier molecular flexibility index (Phi) is 2.22. The second-order valence-electron chi connectivity index (χ2n) is 1.54. The van der Waals surface area contributed by atoms with E-state index in [0.29, 0.717) is 0 Å². The summed E-state index contributed by atoms with van der Waals surface area (Å²) in [6, 6.07) is 0. The number of hydrogen-bond donors (Lipinski definition) is 2. The molecule has 8 heavy (non-hydrogen) atoms. The molecule has 1 rings (SSSR count). The van der Waals surface area contributed by atoms with E-state index in [4.69, 9.17) is 0 Å². The standard InChI is InChI=1S/C4H7NOS2/c6-4(7)3-5-1-2-8-3/h3,5H,1-2H2,(H,6,7). The van der Waals surface area contributed by atoms with Crippen molar-refractivity contribution < 1.29 is 4.79 Å². The van der Waals surface area contributed by atoms with Crippen LogP contribution in [0.3, 0.4) is 0 Å². The van der Waals surface area contributed by atoms with Crippen LogP contribution in [0.1, 0.15) is 0 Å². The molecule has 0 saturated carbocycles. The van der Waals surface area contributed by atoms with E-state index in [9.17, 15) is 4.79 Å². The minimum Gasteiger partial charge on any atom is -0.298 e. The van der Waals surface area contributed by atoms with Crippen LogP contribution in [0.15, 0.2) is 0 Å². The molecule has 1 aliphatic rings. The van der Waals surface area contributed by atoms with Gasteiger partial charge in [0.05, 0.1) is 0 Å². The number of thiol groups is 1. The lowest BCUT2D eigenvalue weighted by atomic mass is 10.6. The predicted octanol–water partition coefficient (Wildman–Crippen LogP) is 0.105. The number of rotatable bonds is 1. The van der Waals surface area contributed by atoms with Crippen molar-refractivity contribution in [2.24, 2.45) is 0 Å². The molecular weight excluding hydrogens is 142 g/mol. The normalized spacial score (nSPS) is 28.4. The SMILES string of the molecule is O=C(S)C1NCCS1. The van der Waals surface area contributed by atoms with Gasteiger partial charge < -0.3 is 0 Å². The van der Waals surface area contributed by atoms with Gasteiger partial charge in [-0.25, -0.2) is 0 Å². The lowest BCUT2D eigenvalue weighted by Gasteiger charge is -1.99. The topological polar surface area (TPSA) is 29.1 Å². The number of thioether (sulfide) groups is 1. The third kappa shape index (κ3) is 1.40. The van der Waals surface area contributed by atoms with E-state index in [1.807, 2.05) is 0 Å². The van der Waals surface area contributed by atoms with Gasteiger partial charge in [0.25, 0.3) is 0 Å². The highest BCUT2D eigenvalue weighted by molar-refractivity contribution is 8.05. The van der Waals surface area contributed by atoms with E-state index >= 15 is 0 Å². The molecule has 1 N–H and O–H groups in total. The average Bonchev–Trinajstić information content (AvgIpc) is 2.12. The molecule has 1 atom stereocenters. The van der Waals surface area contributed by atoms with Crippen molar-refractivity contribution in [1.29, 1.82) is 0 Å². The van der Waals surface area contributed by atoms with Crippen LogP contribution in [-0.2, 0) is 4.79 Å². The Labute approximate surface area is 57.8 Å². The molecule has 46 valence electrons. The maximum absolute atomic E-state index is 10.4. The van der Waals surface area contributed by atoms with E-state index in [0.717, 1.165) is 12.3 Å². The first-order chi connectivity index (χ1) is 3.80. The third-order valence-electron chi connectivity index (χ3n) is 0.941. The molecule has 0 bridgehead atoms. The number of nitrogens with one attached hydrogen (secondary N) is 1. The van der Waals surface area contributed by atoms with Gasteiger partial charge in [-0.15, -0.1) is 24.4 Å². The van der Waals surface area contributed by atoms with E-state index < -0.39 is 0 Å². The third-order valence-corrected chi connectivity index (χ3v) is 2.53. The summed E-state index contributed by atoms with van der Waals surface area (Å²) in [7, 11) is 0. The summed E-state index contributed by atoms with van der Waals surface area (Å²) in [5.74, 6) is 1.02. The highest BCUT2D eigenvalue weighted by atomic mass is 32.2. The zero-order valence-corrected chi connectivity index (χ0v) is 5.97. The van der Waals surface area contributed by atoms with Gasteiger partial charge >= 0.3 is 0 Å². The van der Waals surface area contributed by atoms with Crippen LogP contribution in [0, 0.1) is 0 Å². The Balaban J connectivity index is 2.35. The van der Waals surface area contributed by atoms with Crippen LogP contribution in [0.25, 0.3) is 0 Å². The highest BCUT2D eigenvalue weighted by Gasteiger charge is 2.18. The Morgan fingerprint density at radius 2 is 2.62 bits per heavy atom. The molecule has 1 heterocycles. The second-order valence-corrected chi connectivity index (χ2v) is 3.20. The van der Waals surface area contributed by atoms with Crippen molar-refractivity contribution in [3.63, 3.8) is 0 Å². The summed E-state index contributed by atoms with van der Waals surface area (Å²) < 4.78 is 0. The van der Waals surface area contributed by atoms with Crippen molar-refractivity contribution in [2.75, 3.05) is 12.3 Å². The van der Waals surface area contributed by atoms with Crippen LogP contribution < -0.4 is 5.32 Å². The lowest BCUT2D eigenvalue weighted by molar-refractivity contribution is -0.110. The van der Waals surface area contributed by atoms with E-state index in [1.165, 1.54) is 0 Å². The van der Waals surface area contributed by atoms with E-state index in [-0.39, 0.29) is 10.5 Å². The minimum atomic E-state index is -0.0625. The molecule has 0 aromatic rings. The Hall–Kier alpha value is 0.330. The van der Waals surface area contributed by atoms with Gasteiger partial charge in [0.2, 0.25) is 5.12 Å². The number of carbonyl (C=O) groups is 1. The largest absolute Gasteiger partial charge is 0.298 e. The fraction of sp³-hybridized carbons (Fsp3) is 0.750. The zero-order chi connectivity index (χ0) is 5.98. The molecule has 0 aliphatic carbocycles. The van der Waals surface area contributed by atoms with Crippen molar-refractivity contribution in [3.8, 4) is 0 Å². The molecular formula is C4H7NOS2. The van der Waals surface area contributed by atoms with Gasteiger partial charge in [-0.1, -0.05) is 0 Å². The molecule has 2 nitrogen and oxygen atoms in total. The van der Waals surface area contributed by atoms with Crippen molar-refractivity contribution >= 4 is 29.5 Å². The van der Waals surface area contributed by atoms with Crippen molar-refractivity contribution in [1.82, 2.24) is 5.32 Å². The Morgan fingerprint density at radius 3 is 2.88 bits per heavy atom. The number of carbonyl (C=O) groups excluding carboxylic acids is 1. The first-order valence-electron chi connectivity index (χ1n) is 2.38. The number of hydrogen-bond acceptors (Lipinski definition) is 3. The van der Waals surface area contributed by atoms with Gasteiger partial charge in [-0.05, 0) is 0 Å². The molecule has 1 unspecified atom stereocenters. The zero-order valence-electron chi connectivity index (χ0n) is 4.26. The highest BCUT2D eigenvalue weighted by Crippen LogP contribution is 2.14. The minimum absolute atomic E-state index is 0.0432. The fourth-order valence-corrected chi connectivity index (χ4v) is 1.75. The first-order valence-corrected chi connectivity index (χ1v) is 3.88. The van der Waals surface area contributed by atoms with Crippen LogP contribution in [0.5, 0.6) is 0 Å². The van der Waals surface area contributed by atoms with Gasteiger partial charge in [0.15, 0.2) is 0 Å². The molecule has 0 amide bonds. The second kappa shape index (κ2) is 2.75. The average molecular weight is 149 g/mol. The first kappa shape index (κ1) is 6.45. The van der Waals surface area contributed by atoms with Gasteiger partial charge in [0, 0.05) is 12.3 Å². The molecule has 4 heteroatoms. The summed E-state index contributed by atoms with van der Waals surface area (Å²) in [4.78, 5) is 10.4. The monoisotopic (exact) mass is 149 g/mol. The molecule has 0 spiro atoms. The van der Waals surface area contributed by atoms with Crippen LogP contribution in [0.2, 0.25) is 0 Å². The van der Waals surface area contributed by atoms with Crippen molar-refractivity contribution in [3.05, 3.63) is 0 Å². The molecule has 1 aliphatic heterocycles. The lowest BCUT2D eigenvalue weighted by Crippen LogP contribution is -2.24. The summed E-state index contributed by atoms with van der Waals surface area (Å²) in [5.41, 5.74) is 0. The molecule has 0 aromatic heterocycles. The summed E-state index contributed by atoms with van der Waals surface area (Å²) >= 11 is 5.28. The van der Waals surface area contributed by atoms with Crippen molar-refractivity contribution in [2.45, 2.75) is 5.37 Å². The van der Waals surface area contributed by atoms with Crippen LogP contribution >= 0.6 is 24.4 Å². The molecule has 1 saturated heterocycles. The van der Waals surface area contributed by atoms with Gasteiger partial charge in [-0.3, -0.25) is 10.1 Å². The summed E-state index contributed by atoms with van der Waals surface area (Å²) in [6.45, 7) is 0.932. The molecule has 0 radical (unpaired) electrons. The van der Waals surface area contributed by atoms with Crippen LogP contribution in [-0.4, -0.2) is 22.8 Å². The predicted molar refractivity (Wildman–Crippen MR) is 38.2 cm³/mol. The van der Waals surface area contributed by atoms with Gasteiger partial charge in [-0.2, -0.15) is 0 Å². The quantitative estimate of drug-likeness (QED) is 0.518. The summed E-state index contributed by atoms with van der Waals surface area (Å²) in [6.07, 6.45) is 0. The maximum Gasteiger partial charge on any atom is 0.213 e. The van der Waals surface area contributed by atoms with E-state index in [2.05, 4.69) is 17.9 Å². The Morgan fingerprint density at radius 1 is 1.88 bits per heavy atom. The fourth-order valence-electron chi connectivity index (χ4n) is 0.584. The molecule has 1 fully saturated rings. The van der Waals surface area contributed by atoms with Gasteiger partial charge in [0.1, 0.15) is 5.37 Å². The maximum atomic E-state index is 10.4. The molecule has 0 aromatic carbocycles. The van der Waals surface area contributed by atoms with Crippen LogP contribution in [0.4, 0.5) is 0 Å². The van der Waals surface area contributed by atoms with E-state index in [1.54, 1.807) is 11.8 Å².